The highest BCUT2D eigenvalue weighted by atomic mass is 32.2. The highest BCUT2D eigenvalue weighted by Gasteiger charge is 2.57. The number of phenols is 1. The first-order valence-corrected chi connectivity index (χ1v) is 14.4. The van der Waals surface area contributed by atoms with Crippen molar-refractivity contribution in [3.8, 4) is 5.75 Å². The molecule has 2 aliphatic rings. The molecule has 0 spiro atoms. The summed E-state index contributed by atoms with van der Waals surface area (Å²) in [5, 5.41) is 14.0. The maximum absolute atomic E-state index is 13.8. The topological polar surface area (TPSA) is 109 Å². The molecule has 2 N–H and O–H groups in total. The number of imide groups is 1. The number of phenolic OH excluding ortho intramolecular Hbond substituents is 1. The Balaban J connectivity index is 1.38. The number of hydrogen-bond acceptors (Lipinski definition) is 8. The molecule has 0 radical (unpaired) electrons. The lowest BCUT2D eigenvalue weighted by Crippen LogP contribution is -2.32. The highest BCUT2D eigenvalue weighted by Crippen LogP contribution is 2.54. The van der Waals surface area contributed by atoms with E-state index in [2.05, 4.69) is 5.32 Å². The van der Waals surface area contributed by atoms with Crippen LogP contribution in [0.15, 0.2) is 75.9 Å². The summed E-state index contributed by atoms with van der Waals surface area (Å²) in [6.45, 7) is 1.70. The largest absolute Gasteiger partial charge is 0.508 e. The first-order chi connectivity index (χ1) is 18.3. The van der Waals surface area contributed by atoms with Crippen LogP contribution in [0.25, 0.3) is 0 Å². The summed E-state index contributed by atoms with van der Waals surface area (Å²) < 4.78 is 1.39. The Labute approximate surface area is 229 Å². The molecule has 3 amide bonds. The van der Waals surface area contributed by atoms with Crippen molar-refractivity contribution >= 4 is 63.5 Å². The number of rotatable bonds is 5. The van der Waals surface area contributed by atoms with Crippen LogP contribution in [0.4, 0.5) is 11.4 Å². The number of hydrogen-bond donors (Lipinski definition) is 2. The minimum Gasteiger partial charge on any atom is -0.508 e. The van der Waals surface area contributed by atoms with Crippen molar-refractivity contribution in [2.24, 2.45) is 5.92 Å². The van der Waals surface area contributed by atoms with E-state index in [0.717, 1.165) is 21.8 Å². The molecule has 11 heteroatoms. The van der Waals surface area contributed by atoms with Gasteiger partial charge in [0.2, 0.25) is 17.7 Å². The molecule has 6 rings (SSSR count). The Morgan fingerprint density at radius 2 is 1.74 bits per heavy atom. The number of thiazole rings is 1. The molecule has 8 nitrogen and oxygen atoms in total. The average molecular weight is 564 g/mol. The molecule has 3 atom stereocenters. The van der Waals surface area contributed by atoms with E-state index in [0.29, 0.717) is 21.3 Å². The van der Waals surface area contributed by atoms with E-state index < -0.39 is 23.0 Å². The van der Waals surface area contributed by atoms with Gasteiger partial charge in [0, 0.05) is 21.4 Å². The molecular weight excluding hydrogens is 543 g/mol. The fraction of sp³-hybridized carbons (Fsp3) is 0.185. The van der Waals surface area contributed by atoms with Crippen LogP contribution < -0.4 is 15.1 Å². The Morgan fingerprint density at radius 3 is 2.42 bits per heavy atom. The second kappa shape index (κ2) is 9.57. The predicted octanol–water partition coefficient (Wildman–Crippen LogP) is 4.42. The predicted molar refractivity (Wildman–Crippen MR) is 148 cm³/mol. The first kappa shape index (κ1) is 24.7. The second-order valence-electron chi connectivity index (χ2n) is 9.12. The number of anilines is 2. The maximum atomic E-state index is 13.8. The van der Waals surface area contributed by atoms with Crippen LogP contribution >= 0.6 is 34.4 Å². The van der Waals surface area contributed by atoms with Gasteiger partial charge in [-0.3, -0.25) is 23.7 Å². The van der Waals surface area contributed by atoms with Gasteiger partial charge in [0.15, 0.2) is 0 Å². The number of carbonyl (C=O) groups excluding carboxylic acids is 3. The van der Waals surface area contributed by atoms with E-state index in [-0.39, 0.29) is 29.0 Å². The second-order valence-corrected chi connectivity index (χ2v) is 12.2. The van der Waals surface area contributed by atoms with Gasteiger partial charge in [0.05, 0.1) is 16.6 Å². The number of thioether (sulfide) groups is 1. The van der Waals surface area contributed by atoms with Gasteiger partial charge in [0.25, 0.3) is 0 Å². The molecule has 0 aliphatic carbocycles. The molecule has 0 saturated carbocycles. The number of aromatic hydroxyl groups is 1. The van der Waals surface area contributed by atoms with E-state index >= 15 is 0 Å². The molecule has 2 aliphatic heterocycles. The molecule has 4 aromatic rings. The third-order valence-electron chi connectivity index (χ3n) is 6.64. The van der Waals surface area contributed by atoms with Crippen LogP contribution in [-0.2, 0) is 20.9 Å². The van der Waals surface area contributed by atoms with Crippen molar-refractivity contribution in [2.45, 2.75) is 29.7 Å². The van der Waals surface area contributed by atoms with Crippen molar-refractivity contribution < 1.29 is 19.5 Å². The standard InChI is InChI=1S/C27H21N3O5S3/c1-14-4-8-16(9-5-14)30-24(33)21-20(18-3-2-12-36-18)23-26(37-22(21)25(30)34)29(27(35)38-23)13-19(32)28-15-6-10-17(31)11-7-15/h2-12,20-22,31H,13H2,1H3,(H,28,32). The van der Waals surface area contributed by atoms with Crippen LogP contribution in [-0.4, -0.2) is 32.6 Å². The summed E-state index contributed by atoms with van der Waals surface area (Å²) >= 11 is 3.70. The Bertz CT molecular complexity index is 1610. The van der Waals surface area contributed by atoms with E-state index in [4.69, 9.17) is 0 Å². The van der Waals surface area contributed by atoms with Crippen molar-refractivity contribution in [2.75, 3.05) is 10.2 Å². The lowest BCUT2D eigenvalue weighted by atomic mass is 9.87. The molecule has 4 heterocycles. The van der Waals surface area contributed by atoms with E-state index in [1.54, 1.807) is 24.3 Å². The Hall–Kier alpha value is -3.67. The monoisotopic (exact) mass is 563 g/mol. The van der Waals surface area contributed by atoms with Crippen LogP contribution in [0.1, 0.15) is 21.2 Å². The number of benzene rings is 2. The molecule has 2 aromatic heterocycles. The van der Waals surface area contributed by atoms with Crippen molar-refractivity contribution in [1.82, 2.24) is 4.57 Å². The summed E-state index contributed by atoms with van der Waals surface area (Å²) in [7, 11) is 0. The number of aryl methyl sites for hydroxylation is 1. The fourth-order valence-corrected chi connectivity index (χ4v) is 8.59. The van der Waals surface area contributed by atoms with Crippen molar-refractivity contribution in [3.63, 3.8) is 0 Å². The zero-order valence-corrected chi connectivity index (χ0v) is 22.4. The van der Waals surface area contributed by atoms with Gasteiger partial charge in [0.1, 0.15) is 17.5 Å². The minimum absolute atomic E-state index is 0.0761. The summed E-state index contributed by atoms with van der Waals surface area (Å²) in [6, 6.07) is 17.1. The third kappa shape index (κ3) is 4.16. The zero-order chi connectivity index (χ0) is 26.6. The van der Waals surface area contributed by atoms with Gasteiger partial charge in [-0.05, 0) is 54.8 Å². The SMILES string of the molecule is Cc1ccc(N2C(=O)C3Sc4c(sc(=O)n4CC(=O)Nc4ccc(O)cc4)C(c4cccs4)C3C2=O)cc1. The Kier molecular flexibility index (Phi) is 6.21. The molecule has 38 heavy (non-hydrogen) atoms. The van der Waals surface area contributed by atoms with E-state index in [1.165, 1.54) is 44.7 Å². The molecule has 1 fully saturated rings. The number of nitrogens with zero attached hydrogens (tertiary/aromatic N) is 2. The summed E-state index contributed by atoms with van der Waals surface area (Å²) in [6.07, 6.45) is 0. The number of nitrogens with one attached hydrogen (secondary N) is 1. The minimum atomic E-state index is -0.719. The normalized spacial score (nSPS) is 20.3. The number of aromatic nitrogens is 1. The van der Waals surface area contributed by atoms with Crippen molar-refractivity contribution in [3.05, 3.63) is 91.0 Å². The summed E-state index contributed by atoms with van der Waals surface area (Å²) in [5.41, 5.74) is 2.03. The molecule has 0 bridgehead atoms. The van der Waals surface area contributed by atoms with Crippen LogP contribution in [0, 0.1) is 12.8 Å². The number of thiophene rings is 1. The molecule has 3 unspecified atom stereocenters. The van der Waals surface area contributed by atoms with Gasteiger partial charge < -0.3 is 10.4 Å². The molecule has 2 aromatic carbocycles. The van der Waals surface area contributed by atoms with E-state index in [1.807, 2.05) is 36.6 Å². The van der Waals surface area contributed by atoms with Gasteiger partial charge in [-0.2, -0.15) is 0 Å². The summed E-state index contributed by atoms with van der Waals surface area (Å²) in [4.78, 5) is 56.0. The third-order valence-corrected chi connectivity index (χ3v) is 10.2. The lowest BCUT2D eigenvalue weighted by molar-refractivity contribution is -0.122. The molecule has 192 valence electrons. The average Bonchev–Trinajstić information content (AvgIpc) is 3.59. The van der Waals surface area contributed by atoms with Crippen molar-refractivity contribution in [1.29, 1.82) is 0 Å². The van der Waals surface area contributed by atoms with Crippen LogP contribution in [0.3, 0.4) is 0 Å². The quantitative estimate of drug-likeness (QED) is 0.275. The molecule has 1 saturated heterocycles. The van der Waals surface area contributed by atoms with Gasteiger partial charge in [-0.25, -0.2) is 4.90 Å². The lowest BCUT2D eigenvalue weighted by Gasteiger charge is -2.29. The van der Waals surface area contributed by atoms with Crippen LogP contribution in [0.2, 0.25) is 0 Å². The van der Waals surface area contributed by atoms with Crippen LogP contribution in [0.5, 0.6) is 5.75 Å². The van der Waals surface area contributed by atoms with Gasteiger partial charge >= 0.3 is 4.87 Å². The van der Waals surface area contributed by atoms with Gasteiger partial charge in [-0.15, -0.1) is 11.3 Å². The highest BCUT2D eigenvalue weighted by molar-refractivity contribution is 8.00. The smallest absolute Gasteiger partial charge is 0.308 e. The number of carbonyl (C=O) groups is 3. The first-order valence-electron chi connectivity index (χ1n) is 11.8. The number of amides is 3. The number of fused-ring (bicyclic) bond motifs is 2. The maximum Gasteiger partial charge on any atom is 0.308 e. The zero-order valence-electron chi connectivity index (χ0n) is 20.0. The Morgan fingerprint density at radius 1 is 1.00 bits per heavy atom. The fourth-order valence-electron chi connectivity index (χ4n) is 4.87. The molecular formula is C27H21N3O5S3. The van der Waals surface area contributed by atoms with E-state index in [9.17, 15) is 24.3 Å². The summed E-state index contributed by atoms with van der Waals surface area (Å²) in [5.74, 6) is -2.05. The van der Waals surface area contributed by atoms with Gasteiger partial charge in [-0.1, -0.05) is 46.9 Å².